The average molecular weight is 303 g/mol. The minimum Gasteiger partial charge on any atom is -0.306 e. The van der Waals surface area contributed by atoms with Crippen molar-refractivity contribution in [2.24, 2.45) is 0 Å². The van der Waals surface area contributed by atoms with E-state index in [0.717, 1.165) is 43.1 Å². The summed E-state index contributed by atoms with van der Waals surface area (Å²) in [7, 11) is 0. The molecule has 6 nitrogen and oxygen atoms in total. The van der Waals surface area contributed by atoms with Crippen LogP contribution in [0.3, 0.4) is 0 Å². The highest BCUT2D eigenvalue weighted by Gasteiger charge is 2.19. The number of fused-ring (bicyclic) bond motifs is 2. The van der Waals surface area contributed by atoms with Crippen molar-refractivity contribution in [1.29, 1.82) is 0 Å². The van der Waals surface area contributed by atoms with E-state index in [4.69, 9.17) is 11.6 Å². The summed E-state index contributed by atoms with van der Waals surface area (Å²) in [6, 6.07) is 4.19. The summed E-state index contributed by atoms with van der Waals surface area (Å²) < 4.78 is 3.93. The molecule has 21 heavy (non-hydrogen) atoms. The molecule has 1 atom stereocenters. The molecule has 4 heterocycles. The normalized spacial score (nSPS) is 18.0. The molecule has 3 aromatic heterocycles. The molecule has 3 aromatic rings. The SMILES string of the molecule is Clc1ccc2nc(CN[C@@H]3CCc4ncnn4C3)cn2c1. The standard InChI is InChI=1S/C14H15ClN6/c15-10-1-3-14-19-12(7-20(14)6-10)5-16-11-2-4-13-17-9-18-21(13)8-11/h1,3,6-7,9,11,16H,2,4-5,8H2/t11-/m1/s1. The van der Waals surface area contributed by atoms with Crippen LogP contribution in [0.25, 0.3) is 5.65 Å². The van der Waals surface area contributed by atoms with Crippen molar-refractivity contribution < 1.29 is 0 Å². The van der Waals surface area contributed by atoms with Crippen molar-refractivity contribution >= 4 is 17.2 Å². The van der Waals surface area contributed by atoms with Crippen molar-refractivity contribution in [1.82, 2.24) is 29.5 Å². The van der Waals surface area contributed by atoms with Crippen LogP contribution < -0.4 is 5.32 Å². The maximum Gasteiger partial charge on any atom is 0.138 e. The third-order valence-corrected chi connectivity index (χ3v) is 4.07. The minimum absolute atomic E-state index is 0.410. The largest absolute Gasteiger partial charge is 0.306 e. The summed E-state index contributed by atoms with van der Waals surface area (Å²) >= 11 is 5.98. The van der Waals surface area contributed by atoms with Gasteiger partial charge in [0.2, 0.25) is 0 Å². The van der Waals surface area contributed by atoms with E-state index in [0.29, 0.717) is 11.1 Å². The van der Waals surface area contributed by atoms with Crippen molar-refractivity contribution in [2.75, 3.05) is 0 Å². The van der Waals surface area contributed by atoms with Crippen molar-refractivity contribution in [2.45, 2.75) is 32.0 Å². The number of imidazole rings is 1. The topological polar surface area (TPSA) is 60.0 Å². The van der Waals surface area contributed by atoms with Gasteiger partial charge in [-0.2, -0.15) is 5.10 Å². The number of hydrogen-bond donors (Lipinski definition) is 1. The quantitative estimate of drug-likeness (QED) is 0.800. The number of nitrogens with zero attached hydrogens (tertiary/aromatic N) is 5. The lowest BCUT2D eigenvalue weighted by atomic mass is 10.1. The van der Waals surface area contributed by atoms with Crippen molar-refractivity contribution in [3.8, 4) is 0 Å². The van der Waals surface area contributed by atoms with Crippen LogP contribution >= 0.6 is 11.6 Å². The monoisotopic (exact) mass is 302 g/mol. The Balaban J connectivity index is 1.44. The van der Waals surface area contributed by atoms with Crippen LogP contribution in [0, 0.1) is 0 Å². The maximum absolute atomic E-state index is 5.98. The lowest BCUT2D eigenvalue weighted by molar-refractivity contribution is 0.357. The zero-order chi connectivity index (χ0) is 14.2. The van der Waals surface area contributed by atoms with Gasteiger partial charge in [0.25, 0.3) is 0 Å². The minimum atomic E-state index is 0.410. The van der Waals surface area contributed by atoms with E-state index in [-0.39, 0.29) is 0 Å². The van der Waals surface area contributed by atoms with Crippen molar-refractivity contribution in [3.63, 3.8) is 0 Å². The molecule has 0 amide bonds. The Bertz CT molecular complexity index is 777. The number of hydrogen-bond acceptors (Lipinski definition) is 4. The van der Waals surface area contributed by atoms with Crippen LogP contribution in [0.5, 0.6) is 0 Å². The van der Waals surface area contributed by atoms with Crippen LogP contribution in [-0.2, 0) is 19.5 Å². The summed E-state index contributed by atoms with van der Waals surface area (Å²) in [6.07, 6.45) is 7.56. The van der Waals surface area contributed by atoms with E-state index in [9.17, 15) is 0 Å². The Labute approximate surface area is 126 Å². The fraction of sp³-hybridized carbons (Fsp3) is 0.357. The third-order valence-electron chi connectivity index (χ3n) is 3.84. The second kappa shape index (κ2) is 5.13. The summed E-state index contributed by atoms with van der Waals surface area (Å²) in [6.45, 7) is 1.61. The van der Waals surface area contributed by atoms with Gasteiger partial charge >= 0.3 is 0 Å². The molecule has 0 aromatic carbocycles. The first kappa shape index (κ1) is 12.8. The number of rotatable bonds is 3. The summed E-state index contributed by atoms with van der Waals surface area (Å²) in [5.41, 5.74) is 1.93. The van der Waals surface area contributed by atoms with Gasteiger partial charge in [0.15, 0.2) is 0 Å². The Hall–Kier alpha value is -1.92. The molecule has 0 fully saturated rings. The lowest BCUT2D eigenvalue weighted by Crippen LogP contribution is -2.37. The van der Waals surface area contributed by atoms with Gasteiger partial charge in [-0.1, -0.05) is 11.6 Å². The Morgan fingerprint density at radius 1 is 1.33 bits per heavy atom. The van der Waals surface area contributed by atoms with Gasteiger partial charge in [-0.3, -0.25) is 0 Å². The van der Waals surface area contributed by atoms with Gasteiger partial charge in [0, 0.05) is 31.4 Å². The Morgan fingerprint density at radius 2 is 2.29 bits per heavy atom. The van der Waals surface area contributed by atoms with Crippen LogP contribution in [0.15, 0.2) is 30.9 Å². The van der Waals surface area contributed by atoms with E-state index in [2.05, 4.69) is 20.4 Å². The first-order valence-corrected chi connectivity index (χ1v) is 7.39. The molecule has 4 rings (SSSR count). The smallest absolute Gasteiger partial charge is 0.138 e. The number of aryl methyl sites for hydroxylation is 1. The lowest BCUT2D eigenvalue weighted by Gasteiger charge is -2.23. The van der Waals surface area contributed by atoms with Crippen LogP contribution in [0.2, 0.25) is 5.02 Å². The number of pyridine rings is 1. The number of nitrogens with one attached hydrogen (secondary N) is 1. The average Bonchev–Trinajstić information content (AvgIpc) is 3.09. The van der Waals surface area contributed by atoms with Gasteiger partial charge in [0.1, 0.15) is 17.8 Å². The molecule has 0 saturated carbocycles. The first-order valence-electron chi connectivity index (χ1n) is 7.01. The highest BCUT2D eigenvalue weighted by atomic mass is 35.5. The molecule has 0 saturated heterocycles. The third kappa shape index (κ3) is 2.52. The molecule has 1 aliphatic rings. The molecule has 0 radical (unpaired) electrons. The first-order chi connectivity index (χ1) is 10.3. The molecule has 108 valence electrons. The molecule has 1 N–H and O–H groups in total. The predicted octanol–water partition coefficient (Wildman–Crippen LogP) is 1.68. The Kier molecular flexibility index (Phi) is 3.12. The molecular formula is C14H15ClN6. The van der Waals surface area contributed by atoms with Crippen LogP contribution in [0.4, 0.5) is 0 Å². The van der Waals surface area contributed by atoms with Gasteiger partial charge in [-0.05, 0) is 18.6 Å². The van der Waals surface area contributed by atoms with Gasteiger partial charge in [-0.15, -0.1) is 0 Å². The molecule has 0 bridgehead atoms. The van der Waals surface area contributed by atoms with E-state index < -0.39 is 0 Å². The second-order valence-electron chi connectivity index (χ2n) is 5.32. The molecule has 0 unspecified atom stereocenters. The summed E-state index contributed by atoms with van der Waals surface area (Å²) in [5.74, 6) is 1.08. The van der Waals surface area contributed by atoms with E-state index in [1.165, 1.54) is 0 Å². The molecule has 7 heteroatoms. The van der Waals surface area contributed by atoms with E-state index in [1.807, 2.05) is 33.6 Å². The Morgan fingerprint density at radius 3 is 3.24 bits per heavy atom. The van der Waals surface area contributed by atoms with Crippen molar-refractivity contribution in [3.05, 3.63) is 47.4 Å². The molecule has 0 spiro atoms. The van der Waals surface area contributed by atoms with E-state index >= 15 is 0 Å². The summed E-state index contributed by atoms with van der Waals surface area (Å²) in [5, 5.41) is 8.50. The molecule has 0 aliphatic carbocycles. The number of halogens is 1. The number of aromatic nitrogens is 5. The summed E-state index contributed by atoms with van der Waals surface area (Å²) in [4.78, 5) is 8.82. The maximum atomic E-state index is 5.98. The van der Waals surface area contributed by atoms with Gasteiger partial charge < -0.3 is 9.72 Å². The van der Waals surface area contributed by atoms with Gasteiger partial charge in [0.05, 0.1) is 17.3 Å². The fourth-order valence-corrected chi connectivity index (χ4v) is 2.92. The molecular weight excluding hydrogens is 288 g/mol. The highest BCUT2D eigenvalue weighted by Crippen LogP contribution is 2.14. The fourth-order valence-electron chi connectivity index (χ4n) is 2.76. The zero-order valence-corrected chi connectivity index (χ0v) is 12.2. The van der Waals surface area contributed by atoms with Crippen LogP contribution in [0.1, 0.15) is 17.9 Å². The zero-order valence-electron chi connectivity index (χ0n) is 11.4. The molecule has 1 aliphatic heterocycles. The predicted molar refractivity (Wildman–Crippen MR) is 79.2 cm³/mol. The van der Waals surface area contributed by atoms with Crippen LogP contribution in [-0.4, -0.2) is 30.2 Å². The van der Waals surface area contributed by atoms with Gasteiger partial charge in [-0.25, -0.2) is 14.6 Å². The highest BCUT2D eigenvalue weighted by molar-refractivity contribution is 6.30. The second-order valence-corrected chi connectivity index (χ2v) is 5.76. The van der Waals surface area contributed by atoms with E-state index in [1.54, 1.807) is 6.33 Å².